The lowest BCUT2D eigenvalue weighted by Crippen LogP contribution is -2.04. The number of fused-ring (bicyclic) bond motifs is 1. The lowest BCUT2D eigenvalue weighted by Gasteiger charge is -2.09. The Hall–Kier alpha value is -2.17. The Morgan fingerprint density at radius 3 is 2.76 bits per heavy atom. The van der Waals surface area contributed by atoms with Crippen LogP contribution in [0.5, 0.6) is 11.5 Å². The summed E-state index contributed by atoms with van der Waals surface area (Å²) in [6, 6.07) is 5.89. The largest absolute Gasteiger partial charge is 0.490 e. The van der Waals surface area contributed by atoms with Crippen LogP contribution in [0, 0.1) is 6.92 Å². The number of hydrogen-bond donors (Lipinski definition) is 1. The lowest BCUT2D eigenvalue weighted by atomic mass is 10.1. The normalized spacial score (nSPS) is 14.0. The van der Waals surface area contributed by atoms with E-state index in [0.717, 1.165) is 48.0 Å². The molecule has 0 amide bonds. The first kappa shape index (κ1) is 13.8. The Morgan fingerprint density at radius 1 is 1.24 bits per heavy atom. The van der Waals surface area contributed by atoms with Crippen molar-refractivity contribution < 1.29 is 9.47 Å². The number of imidazole rings is 1. The maximum absolute atomic E-state index is 6.26. The number of nitrogen functional groups attached to an aromatic ring is 1. The molecule has 5 heteroatoms. The van der Waals surface area contributed by atoms with Gasteiger partial charge in [0.05, 0.1) is 13.2 Å². The Labute approximate surface area is 124 Å². The molecule has 112 valence electrons. The summed E-state index contributed by atoms with van der Waals surface area (Å²) in [5.41, 5.74) is 8.04. The third-order valence-electron chi connectivity index (χ3n) is 3.67. The standard InChI is InChI=1S/C16H21N3O2/c1-3-7-19-11(2)18-15(16(19)17)12-5-6-13-14(10-12)21-9-4-8-20-13/h5-6,10H,3-4,7-9,17H2,1-2H3. The molecule has 21 heavy (non-hydrogen) atoms. The van der Waals surface area contributed by atoms with Crippen LogP contribution in [0.25, 0.3) is 11.3 Å². The van der Waals surface area contributed by atoms with Gasteiger partial charge in [-0.05, 0) is 31.5 Å². The highest BCUT2D eigenvalue weighted by atomic mass is 16.5. The van der Waals surface area contributed by atoms with Crippen LogP contribution in [-0.2, 0) is 6.54 Å². The molecule has 0 fully saturated rings. The summed E-state index contributed by atoms with van der Waals surface area (Å²) >= 11 is 0. The van der Waals surface area contributed by atoms with E-state index in [4.69, 9.17) is 15.2 Å². The number of nitrogens with zero attached hydrogens (tertiary/aromatic N) is 2. The Balaban J connectivity index is 2.01. The number of ether oxygens (including phenoxy) is 2. The third kappa shape index (κ3) is 2.55. The highest BCUT2D eigenvalue weighted by molar-refractivity contribution is 5.73. The van der Waals surface area contributed by atoms with Gasteiger partial charge in [0, 0.05) is 18.5 Å². The number of aryl methyl sites for hydroxylation is 1. The van der Waals surface area contributed by atoms with Gasteiger partial charge in [-0.2, -0.15) is 0 Å². The van der Waals surface area contributed by atoms with Gasteiger partial charge in [0.25, 0.3) is 0 Å². The van der Waals surface area contributed by atoms with Crippen molar-refractivity contribution in [3.8, 4) is 22.8 Å². The van der Waals surface area contributed by atoms with Crippen LogP contribution in [-0.4, -0.2) is 22.8 Å². The Bertz CT molecular complexity index is 649. The number of nitrogens with two attached hydrogens (primary N) is 1. The fraction of sp³-hybridized carbons (Fsp3) is 0.438. The number of hydrogen-bond acceptors (Lipinski definition) is 4. The lowest BCUT2D eigenvalue weighted by molar-refractivity contribution is 0.297. The predicted octanol–water partition coefficient (Wildman–Crippen LogP) is 3.01. The molecule has 0 saturated heterocycles. The fourth-order valence-electron chi connectivity index (χ4n) is 2.61. The molecule has 2 aromatic rings. The molecule has 0 aliphatic carbocycles. The van der Waals surface area contributed by atoms with E-state index in [-0.39, 0.29) is 0 Å². The zero-order valence-electron chi connectivity index (χ0n) is 12.6. The summed E-state index contributed by atoms with van der Waals surface area (Å²) in [7, 11) is 0. The minimum absolute atomic E-state index is 0.676. The molecule has 5 nitrogen and oxygen atoms in total. The van der Waals surface area contributed by atoms with E-state index in [1.165, 1.54) is 0 Å². The van der Waals surface area contributed by atoms with Crippen LogP contribution < -0.4 is 15.2 Å². The topological polar surface area (TPSA) is 62.3 Å². The van der Waals surface area contributed by atoms with Crippen LogP contribution in [0.2, 0.25) is 0 Å². The van der Waals surface area contributed by atoms with Crippen LogP contribution in [0.4, 0.5) is 5.82 Å². The van der Waals surface area contributed by atoms with E-state index >= 15 is 0 Å². The zero-order chi connectivity index (χ0) is 14.8. The van der Waals surface area contributed by atoms with Crippen molar-refractivity contribution in [2.45, 2.75) is 33.2 Å². The quantitative estimate of drug-likeness (QED) is 0.942. The Kier molecular flexibility index (Phi) is 3.73. The van der Waals surface area contributed by atoms with Gasteiger partial charge in [0.15, 0.2) is 11.5 Å². The average molecular weight is 287 g/mol. The van der Waals surface area contributed by atoms with Gasteiger partial charge in [-0.1, -0.05) is 6.92 Å². The van der Waals surface area contributed by atoms with Crippen molar-refractivity contribution in [2.24, 2.45) is 0 Å². The van der Waals surface area contributed by atoms with Gasteiger partial charge < -0.3 is 19.8 Å². The van der Waals surface area contributed by atoms with Gasteiger partial charge in [-0.15, -0.1) is 0 Å². The first-order valence-electron chi connectivity index (χ1n) is 7.43. The van der Waals surface area contributed by atoms with Crippen LogP contribution in [0.3, 0.4) is 0 Å². The van der Waals surface area contributed by atoms with Crippen molar-refractivity contribution in [3.63, 3.8) is 0 Å². The molecule has 0 atom stereocenters. The molecule has 2 heterocycles. The van der Waals surface area contributed by atoms with Gasteiger partial charge in [-0.3, -0.25) is 0 Å². The monoisotopic (exact) mass is 287 g/mol. The molecule has 1 aliphatic rings. The number of aromatic nitrogens is 2. The maximum atomic E-state index is 6.26. The van der Waals surface area contributed by atoms with E-state index in [2.05, 4.69) is 16.5 Å². The van der Waals surface area contributed by atoms with Gasteiger partial charge in [-0.25, -0.2) is 4.98 Å². The SMILES string of the molecule is CCCn1c(C)nc(-c2ccc3c(c2)OCCCO3)c1N. The zero-order valence-corrected chi connectivity index (χ0v) is 12.6. The molecule has 1 aromatic heterocycles. The highest BCUT2D eigenvalue weighted by Crippen LogP contribution is 2.35. The van der Waals surface area contributed by atoms with E-state index < -0.39 is 0 Å². The minimum atomic E-state index is 0.676. The first-order valence-corrected chi connectivity index (χ1v) is 7.43. The number of benzene rings is 1. The second kappa shape index (κ2) is 5.68. The summed E-state index contributed by atoms with van der Waals surface area (Å²) in [5, 5.41) is 0. The van der Waals surface area contributed by atoms with Crippen molar-refractivity contribution in [2.75, 3.05) is 18.9 Å². The maximum Gasteiger partial charge on any atom is 0.161 e. The number of anilines is 1. The molecular formula is C16H21N3O2. The molecule has 2 N–H and O–H groups in total. The predicted molar refractivity (Wildman–Crippen MR) is 82.7 cm³/mol. The van der Waals surface area contributed by atoms with E-state index in [1.807, 2.05) is 25.1 Å². The second-order valence-electron chi connectivity index (χ2n) is 5.26. The van der Waals surface area contributed by atoms with Crippen molar-refractivity contribution in [1.29, 1.82) is 0 Å². The molecule has 1 aromatic carbocycles. The average Bonchev–Trinajstić information content (AvgIpc) is 2.69. The van der Waals surface area contributed by atoms with E-state index in [0.29, 0.717) is 19.0 Å². The molecule has 0 unspecified atom stereocenters. The summed E-state index contributed by atoms with van der Waals surface area (Å²) < 4.78 is 13.4. The minimum Gasteiger partial charge on any atom is -0.490 e. The molecule has 0 bridgehead atoms. The van der Waals surface area contributed by atoms with Crippen molar-refractivity contribution in [1.82, 2.24) is 9.55 Å². The van der Waals surface area contributed by atoms with Gasteiger partial charge in [0.1, 0.15) is 17.3 Å². The smallest absolute Gasteiger partial charge is 0.161 e. The highest BCUT2D eigenvalue weighted by Gasteiger charge is 2.16. The number of rotatable bonds is 3. The van der Waals surface area contributed by atoms with Crippen LogP contribution >= 0.6 is 0 Å². The summed E-state index contributed by atoms with van der Waals surface area (Å²) in [5.74, 6) is 3.21. The van der Waals surface area contributed by atoms with Gasteiger partial charge in [0.2, 0.25) is 0 Å². The van der Waals surface area contributed by atoms with Crippen molar-refractivity contribution in [3.05, 3.63) is 24.0 Å². The molecule has 1 aliphatic heterocycles. The molecule has 0 spiro atoms. The molecule has 3 rings (SSSR count). The molecule has 0 saturated carbocycles. The summed E-state index contributed by atoms with van der Waals surface area (Å²) in [6.45, 7) is 6.37. The van der Waals surface area contributed by atoms with E-state index in [9.17, 15) is 0 Å². The second-order valence-corrected chi connectivity index (χ2v) is 5.26. The first-order chi connectivity index (χ1) is 10.2. The van der Waals surface area contributed by atoms with Gasteiger partial charge >= 0.3 is 0 Å². The Morgan fingerprint density at radius 2 is 2.00 bits per heavy atom. The van der Waals surface area contributed by atoms with E-state index in [1.54, 1.807) is 0 Å². The third-order valence-corrected chi connectivity index (χ3v) is 3.67. The summed E-state index contributed by atoms with van der Waals surface area (Å²) in [6.07, 6.45) is 1.93. The van der Waals surface area contributed by atoms with Crippen molar-refractivity contribution >= 4 is 5.82 Å². The fourth-order valence-corrected chi connectivity index (χ4v) is 2.61. The van der Waals surface area contributed by atoms with Crippen LogP contribution in [0.1, 0.15) is 25.6 Å². The molecule has 0 radical (unpaired) electrons. The van der Waals surface area contributed by atoms with Crippen LogP contribution in [0.15, 0.2) is 18.2 Å². The summed E-state index contributed by atoms with van der Waals surface area (Å²) in [4.78, 5) is 4.61. The molecular weight excluding hydrogens is 266 g/mol.